The van der Waals surface area contributed by atoms with Crippen LogP contribution < -0.4 is 0 Å². The van der Waals surface area contributed by atoms with Gasteiger partial charge >= 0.3 is 0 Å². The molecule has 0 radical (unpaired) electrons. The summed E-state index contributed by atoms with van der Waals surface area (Å²) in [6, 6.07) is 0.266. The van der Waals surface area contributed by atoms with Crippen molar-refractivity contribution in [3.05, 3.63) is 12.7 Å². The third-order valence-corrected chi connectivity index (χ3v) is 3.88. The molecule has 2 fully saturated rings. The SMILES string of the molecule is C=CC(=O)N1CCN(CN2CCCOCC2)CC1C. The fraction of sp³-hybridized carbons (Fsp3) is 0.786. The van der Waals surface area contributed by atoms with E-state index in [-0.39, 0.29) is 11.9 Å². The molecule has 0 aromatic heterocycles. The van der Waals surface area contributed by atoms with Crippen molar-refractivity contribution in [3.63, 3.8) is 0 Å². The van der Waals surface area contributed by atoms with Crippen molar-refractivity contribution in [2.24, 2.45) is 0 Å². The van der Waals surface area contributed by atoms with Crippen LogP contribution in [0, 0.1) is 0 Å². The average Bonchev–Trinajstić information content (AvgIpc) is 2.67. The largest absolute Gasteiger partial charge is 0.380 e. The van der Waals surface area contributed by atoms with Crippen LogP contribution in [0.4, 0.5) is 0 Å². The highest BCUT2D eigenvalue weighted by Crippen LogP contribution is 2.11. The summed E-state index contributed by atoms with van der Waals surface area (Å²) in [6.07, 6.45) is 2.53. The molecule has 0 aromatic carbocycles. The minimum absolute atomic E-state index is 0.0512. The molecular formula is C14H25N3O2. The molecule has 5 nitrogen and oxygen atoms in total. The van der Waals surface area contributed by atoms with E-state index in [4.69, 9.17) is 4.74 Å². The van der Waals surface area contributed by atoms with Crippen molar-refractivity contribution in [2.75, 3.05) is 52.6 Å². The Hall–Kier alpha value is -0.910. The Bertz CT molecular complexity index is 314. The lowest BCUT2D eigenvalue weighted by Gasteiger charge is -2.41. The second kappa shape index (κ2) is 7.03. The van der Waals surface area contributed by atoms with Crippen LogP contribution in [-0.4, -0.2) is 79.3 Å². The molecule has 0 saturated carbocycles. The van der Waals surface area contributed by atoms with Crippen LogP contribution in [0.2, 0.25) is 0 Å². The maximum atomic E-state index is 11.7. The molecule has 2 saturated heterocycles. The summed E-state index contributed by atoms with van der Waals surface area (Å²) < 4.78 is 5.47. The lowest BCUT2D eigenvalue weighted by molar-refractivity contribution is -0.130. The lowest BCUT2D eigenvalue weighted by atomic mass is 10.2. The first-order valence-corrected chi connectivity index (χ1v) is 7.16. The molecule has 19 heavy (non-hydrogen) atoms. The van der Waals surface area contributed by atoms with Gasteiger partial charge in [0.2, 0.25) is 5.91 Å². The Morgan fingerprint density at radius 1 is 1.26 bits per heavy atom. The zero-order chi connectivity index (χ0) is 13.7. The first kappa shape index (κ1) is 14.5. The molecule has 0 aliphatic carbocycles. The standard InChI is InChI=1S/C14H25N3O2/c1-3-14(18)17-7-6-16(11-13(17)2)12-15-5-4-9-19-10-8-15/h3,13H,1,4-12H2,2H3. The summed E-state index contributed by atoms with van der Waals surface area (Å²) in [5.41, 5.74) is 0. The van der Waals surface area contributed by atoms with Gasteiger partial charge in [-0.2, -0.15) is 0 Å². The van der Waals surface area contributed by atoms with E-state index in [0.717, 1.165) is 59.0 Å². The molecule has 1 unspecified atom stereocenters. The minimum atomic E-state index is 0.0512. The minimum Gasteiger partial charge on any atom is -0.380 e. The molecule has 0 bridgehead atoms. The number of rotatable bonds is 3. The molecule has 108 valence electrons. The summed E-state index contributed by atoms with van der Waals surface area (Å²) in [5.74, 6) is 0.0512. The first-order valence-electron chi connectivity index (χ1n) is 7.16. The number of carbonyl (C=O) groups excluding carboxylic acids is 1. The van der Waals surface area contributed by atoms with Crippen LogP contribution in [0.15, 0.2) is 12.7 Å². The lowest BCUT2D eigenvalue weighted by Crippen LogP contribution is -2.55. The van der Waals surface area contributed by atoms with Crippen molar-refractivity contribution in [1.29, 1.82) is 0 Å². The quantitative estimate of drug-likeness (QED) is 0.693. The summed E-state index contributed by atoms with van der Waals surface area (Å²) in [5, 5.41) is 0. The van der Waals surface area contributed by atoms with Crippen LogP contribution >= 0.6 is 0 Å². The highest BCUT2D eigenvalue weighted by atomic mass is 16.5. The van der Waals surface area contributed by atoms with E-state index in [1.807, 2.05) is 4.90 Å². The number of hydrogen-bond acceptors (Lipinski definition) is 4. The van der Waals surface area contributed by atoms with Gasteiger partial charge in [0.15, 0.2) is 0 Å². The zero-order valence-corrected chi connectivity index (χ0v) is 11.9. The van der Waals surface area contributed by atoms with Crippen molar-refractivity contribution in [1.82, 2.24) is 14.7 Å². The van der Waals surface area contributed by atoms with Crippen molar-refractivity contribution < 1.29 is 9.53 Å². The van der Waals surface area contributed by atoms with E-state index in [2.05, 4.69) is 23.3 Å². The third kappa shape index (κ3) is 4.03. The van der Waals surface area contributed by atoms with Crippen LogP contribution in [0.5, 0.6) is 0 Å². The van der Waals surface area contributed by atoms with E-state index in [1.54, 1.807) is 0 Å². The molecule has 0 N–H and O–H groups in total. The van der Waals surface area contributed by atoms with E-state index in [0.29, 0.717) is 0 Å². The number of hydrogen-bond donors (Lipinski definition) is 0. The first-order chi connectivity index (χ1) is 9.20. The van der Waals surface area contributed by atoms with Gasteiger partial charge in [0.25, 0.3) is 0 Å². The molecule has 5 heteroatoms. The highest BCUT2D eigenvalue weighted by Gasteiger charge is 2.26. The Morgan fingerprint density at radius 2 is 2.11 bits per heavy atom. The molecule has 2 aliphatic heterocycles. The molecule has 2 rings (SSSR count). The topological polar surface area (TPSA) is 36.0 Å². The van der Waals surface area contributed by atoms with E-state index >= 15 is 0 Å². The second-order valence-electron chi connectivity index (χ2n) is 5.39. The van der Waals surface area contributed by atoms with E-state index in [1.165, 1.54) is 6.08 Å². The number of ether oxygens (including phenoxy) is 1. The normalized spacial score (nSPS) is 27.0. The van der Waals surface area contributed by atoms with E-state index < -0.39 is 0 Å². The van der Waals surface area contributed by atoms with Gasteiger partial charge < -0.3 is 9.64 Å². The van der Waals surface area contributed by atoms with Gasteiger partial charge in [0.1, 0.15) is 0 Å². The summed E-state index contributed by atoms with van der Waals surface area (Å²) in [7, 11) is 0. The Labute approximate surface area is 115 Å². The fourth-order valence-electron chi connectivity index (χ4n) is 2.83. The Balaban J connectivity index is 1.80. The number of nitrogens with zero attached hydrogens (tertiary/aromatic N) is 3. The maximum Gasteiger partial charge on any atom is 0.246 e. The summed E-state index contributed by atoms with van der Waals surface area (Å²) in [4.78, 5) is 18.5. The highest BCUT2D eigenvalue weighted by molar-refractivity contribution is 5.87. The molecule has 0 aromatic rings. The van der Waals surface area contributed by atoms with Gasteiger partial charge in [-0.15, -0.1) is 0 Å². The summed E-state index contributed by atoms with van der Waals surface area (Å²) in [6.45, 7) is 13.2. The van der Waals surface area contributed by atoms with Gasteiger partial charge in [-0.25, -0.2) is 0 Å². The maximum absolute atomic E-state index is 11.7. The van der Waals surface area contributed by atoms with Crippen LogP contribution in [-0.2, 0) is 9.53 Å². The molecule has 1 atom stereocenters. The predicted molar refractivity (Wildman–Crippen MR) is 74.8 cm³/mol. The Morgan fingerprint density at radius 3 is 2.84 bits per heavy atom. The number of piperazine rings is 1. The summed E-state index contributed by atoms with van der Waals surface area (Å²) >= 11 is 0. The monoisotopic (exact) mass is 267 g/mol. The zero-order valence-electron chi connectivity index (χ0n) is 11.9. The van der Waals surface area contributed by atoms with Crippen LogP contribution in [0.3, 0.4) is 0 Å². The fourth-order valence-corrected chi connectivity index (χ4v) is 2.83. The smallest absolute Gasteiger partial charge is 0.246 e. The van der Waals surface area contributed by atoms with Crippen LogP contribution in [0.1, 0.15) is 13.3 Å². The van der Waals surface area contributed by atoms with Crippen molar-refractivity contribution in [2.45, 2.75) is 19.4 Å². The third-order valence-electron chi connectivity index (χ3n) is 3.88. The Kier molecular flexibility index (Phi) is 5.36. The molecule has 2 heterocycles. The molecular weight excluding hydrogens is 242 g/mol. The molecule has 2 aliphatic rings. The molecule has 1 amide bonds. The van der Waals surface area contributed by atoms with Gasteiger partial charge in [0, 0.05) is 45.4 Å². The number of carbonyl (C=O) groups is 1. The van der Waals surface area contributed by atoms with Gasteiger partial charge in [-0.3, -0.25) is 14.6 Å². The van der Waals surface area contributed by atoms with E-state index in [9.17, 15) is 4.79 Å². The number of amides is 1. The molecule has 0 spiro atoms. The van der Waals surface area contributed by atoms with Gasteiger partial charge in [0.05, 0.1) is 13.3 Å². The van der Waals surface area contributed by atoms with Gasteiger partial charge in [-0.1, -0.05) is 6.58 Å². The van der Waals surface area contributed by atoms with Gasteiger partial charge in [-0.05, 0) is 19.4 Å². The predicted octanol–water partition coefficient (Wildman–Crippen LogP) is 0.385. The average molecular weight is 267 g/mol. The van der Waals surface area contributed by atoms with Crippen LogP contribution in [0.25, 0.3) is 0 Å². The second-order valence-corrected chi connectivity index (χ2v) is 5.39. The van der Waals surface area contributed by atoms with Crippen molar-refractivity contribution in [3.8, 4) is 0 Å². The van der Waals surface area contributed by atoms with Crippen molar-refractivity contribution >= 4 is 5.91 Å².